The number of anilines is 1. The van der Waals surface area contributed by atoms with Gasteiger partial charge in [0.1, 0.15) is 0 Å². The second-order valence-electron chi connectivity index (χ2n) is 4.32. The van der Waals surface area contributed by atoms with Crippen LogP contribution in [0.15, 0.2) is 18.2 Å². The van der Waals surface area contributed by atoms with Crippen molar-refractivity contribution in [2.45, 2.75) is 19.3 Å². The van der Waals surface area contributed by atoms with E-state index in [1.165, 1.54) is 7.11 Å². The summed E-state index contributed by atoms with van der Waals surface area (Å²) in [6.07, 6.45) is 2.06. The van der Waals surface area contributed by atoms with E-state index in [0.29, 0.717) is 19.6 Å². The highest BCUT2D eigenvalue weighted by atomic mass is 16.5. The molecule has 0 saturated heterocycles. The van der Waals surface area contributed by atoms with Crippen molar-refractivity contribution in [1.82, 2.24) is 0 Å². The van der Waals surface area contributed by atoms with Crippen molar-refractivity contribution in [2.75, 3.05) is 32.2 Å². The number of carbonyl (C=O) groups excluding carboxylic acids is 1. The van der Waals surface area contributed by atoms with Gasteiger partial charge in [0.25, 0.3) is 0 Å². The lowest BCUT2D eigenvalue weighted by Crippen LogP contribution is -2.06. The first-order valence-corrected chi connectivity index (χ1v) is 6.50. The fourth-order valence-electron chi connectivity index (χ4n) is 1.84. The quantitative estimate of drug-likeness (QED) is 0.653. The van der Waals surface area contributed by atoms with Crippen LogP contribution in [0, 0.1) is 0 Å². The Kier molecular flexibility index (Phi) is 4.89. The molecule has 1 aromatic rings. The zero-order valence-corrected chi connectivity index (χ0v) is 11.1. The Morgan fingerprint density at radius 3 is 2.89 bits per heavy atom. The van der Waals surface area contributed by atoms with Crippen LogP contribution < -0.4 is 14.8 Å². The molecule has 0 aliphatic carbocycles. The van der Waals surface area contributed by atoms with E-state index in [1.807, 2.05) is 18.2 Å². The molecule has 1 N–H and O–H groups in total. The molecule has 0 amide bonds. The molecule has 0 aromatic heterocycles. The molecule has 5 nitrogen and oxygen atoms in total. The van der Waals surface area contributed by atoms with Gasteiger partial charge in [0, 0.05) is 31.1 Å². The SMILES string of the molecule is COC(=O)CCCNc1ccc2c(c1)OCCCO2. The normalized spacial score (nSPS) is 13.5. The van der Waals surface area contributed by atoms with Crippen molar-refractivity contribution in [3.8, 4) is 11.5 Å². The fourth-order valence-corrected chi connectivity index (χ4v) is 1.84. The number of esters is 1. The zero-order valence-electron chi connectivity index (χ0n) is 11.1. The number of hydrogen-bond acceptors (Lipinski definition) is 5. The van der Waals surface area contributed by atoms with E-state index in [4.69, 9.17) is 9.47 Å². The number of ether oxygens (including phenoxy) is 3. The van der Waals surface area contributed by atoms with Gasteiger partial charge in [-0.1, -0.05) is 0 Å². The van der Waals surface area contributed by atoms with Crippen LogP contribution in [0.5, 0.6) is 11.5 Å². The van der Waals surface area contributed by atoms with Gasteiger partial charge in [-0.05, 0) is 18.6 Å². The minimum absolute atomic E-state index is 0.180. The van der Waals surface area contributed by atoms with Gasteiger partial charge in [-0.3, -0.25) is 4.79 Å². The summed E-state index contributed by atoms with van der Waals surface area (Å²) >= 11 is 0. The van der Waals surface area contributed by atoms with Gasteiger partial charge in [-0.25, -0.2) is 0 Å². The summed E-state index contributed by atoms with van der Waals surface area (Å²) in [4.78, 5) is 11.0. The summed E-state index contributed by atoms with van der Waals surface area (Å²) < 4.78 is 15.8. The number of methoxy groups -OCH3 is 1. The van der Waals surface area contributed by atoms with Crippen LogP contribution >= 0.6 is 0 Å². The molecule has 5 heteroatoms. The molecule has 0 unspecified atom stereocenters. The third-order valence-electron chi connectivity index (χ3n) is 2.86. The van der Waals surface area contributed by atoms with Crippen LogP contribution in [0.1, 0.15) is 19.3 Å². The van der Waals surface area contributed by atoms with Gasteiger partial charge in [0.15, 0.2) is 11.5 Å². The van der Waals surface area contributed by atoms with E-state index in [-0.39, 0.29) is 5.97 Å². The van der Waals surface area contributed by atoms with Gasteiger partial charge >= 0.3 is 5.97 Å². The summed E-state index contributed by atoms with van der Waals surface area (Å²) in [5, 5.41) is 3.25. The molecule has 0 saturated carbocycles. The van der Waals surface area contributed by atoms with Crippen molar-refractivity contribution in [2.24, 2.45) is 0 Å². The van der Waals surface area contributed by atoms with Gasteiger partial charge in [0.2, 0.25) is 0 Å². The van der Waals surface area contributed by atoms with Crippen LogP contribution in [0.2, 0.25) is 0 Å². The number of nitrogens with one attached hydrogen (secondary N) is 1. The number of rotatable bonds is 5. The Morgan fingerprint density at radius 1 is 1.32 bits per heavy atom. The fraction of sp³-hybridized carbons (Fsp3) is 0.500. The lowest BCUT2D eigenvalue weighted by molar-refractivity contribution is -0.140. The van der Waals surface area contributed by atoms with Gasteiger partial charge in [-0.15, -0.1) is 0 Å². The van der Waals surface area contributed by atoms with E-state index in [2.05, 4.69) is 10.1 Å². The largest absolute Gasteiger partial charge is 0.490 e. The van der Waals surface area contributed by atoms with Crippen LogP contribution in [-0.2, 0) is 9.53 Å². The van der Waals surface area contributed by atoms with Crippen molar-refractivity contribution in [1.29, 1.82) is 0 Å². The molecule has 0 atom stereocenters. The standard InChI is InChI=1S/C14H19NO4/c1-17-14(16)4-2-7-15-11-5-6-12-13(10-11)19-9-3-8-18-12/h5-6,10,15H,2-4,7-9H2,1H3. The molecule has 1 heterocycles. The van der Waals surface area contributed by atoms with Crippen molar-refractivity contribution in [3.63, 3.8) is 0 Å². The highest BCUT2D eigenvalue weighted by molar-refractivity contribution is 5.69. The van der Waals surface area contributed by atoms with Crippen LogP contribution in [0.3, 0.4) is 0 Å². The smallest absolute Gasteiger partial charge is 0.305 e. The summed E-state index contributed by atoms with van der Waals surface area (Å²) in [6, 6.07) is 5.79. The van der Waals surface area contributed by atoms with Crippen molar-refractivity contribution in [3.05, 3.63) is 18.2 Å². The van der Waals surface area contributed by atoms with Crippen molar-refractivity contribution < 1.29 is 19.0 Å². The maximum Gasteiger partial charge on any atom is 0.305 e. The monoisotopic (exact) mass is 265 g/mol. The van der Waals surface area contributed by atoms with Gasteiger partial charge in [0.05, 0.1) is 20.3 Å². The highest BCUT2D eigenvalue weighted by Gasteiger charge is 2.10. The molecule has 1 aliphatic heterocycles. The first kappa shape index (κ1) is 13.5. The first-order valence-electron chi connectivity index (χ1n) is 6.50. The third kappa shape index (κ3) is 4.05. The number of benzene rings is 1. The molecule has 0 fully saturated rings. The Labute approximate surface area is 112 Å². The van der Waals surface area contributed by atoms with Crippen LogP contribution in [0.25, 0.3) is 0 Å². The maximum atomic E-state index is 11.0. The van der Waals surface area contributed by atoms with E-state index in [1.54, 1.807) is 0 Å². The molecule has 0 radical (unpaired) electrons. The summed E-state index contributed by atoms with van der Waals surface area (Å²) in [5.41, 5.74) is 0.967. The van der Waals surface area contributed by atoms with Crippen LogP contribution in [0.4, 0.5) is 5.69 Å². The second-order valence-corrected chi connectivity index (χ2v) is 4.32. The molecule has 1 aromatic carbocycles. The average molecular weight is 265 g/mol. The lowest BCUT2D eigenvalue weighted by Gasteiger charge is -2.10. The number of hydrogen-bond donors (Lipinski definition) is 1. The van der Waals surface area contributed by atoms with Crippen molar-refractivity contribution >= 4 is 11.7 Å². The number of carbonyl (C=O) groups is 1. The van der Waals surface area contributed by atoms with Gasteiger partial charge in [-0.2, -0.15) is 0 Å². The van der Waals surface area contributed by atoms with Gasteiger partial charge < -0.3 is 19.5 Å². The molecular formula is C14H19NO4. The zero-order chi connectivity index (χ0) is 13.5. The van der Waals surface area contributed by atoms with E-state index < -0.39 is 0 Å². The summed E-state index contributed by atoms with van der Waals surface area (Å²) in [5.74, 6) is 1.38. The minimum Gasteiger partial charge on any atom is -0.490 e. The summed E-state index contributed by atoms with van der Waals surface area (Å²) in [6.45, 7) is 2.09. The molecule has 19 heavy (non-hydrogen) atoms. The Balaban J connectivity index is 1.84. The molecular weight excluding hydrogens is 246 g/mol. The maximum absolute atomic E-state index is 11.0. The predicted molar refractivity (Wildman–Crippen MR) is 71.8 cm³/mol. The third-order valence-corrected chi connectivity index (χ3v) is 2.86. The topological polar surface area (TPSA) is 56.8 Å². The predicted octanol–water partition coefficient (Wildman–Crippen LogP) is 2.21. The van der Waals surface area contributed by atoms with Crippen LogP contribution in [-0.4, -0.2) is 32.8 Å². The molecule has 1 aliphatic rings. The molecule has 0 spiro atoms. The second kappa shape index (κ2) is 6.87. The Bertz CT molecular complexity index is 433. The van der Waals surface area contributed by atoms with E-state index in [9.17, 15) is 4.79 Å². The molecule has 2 rings (SSSR count). The lowest BCUT2D eigenvalue weighted by atomic mass is 10.2. The highest BCUT2D eigenvalue weighted by Crippen LogP contribution is 2.32. The summed E-state index contributed by atoms with van der Waals surface area (Å²) in [7, 11) is 1.40. The minimum atomic E-state index is -0.180. The van der Waals surface area contributed by atoms with E-state index in [0.717, 1.165) is 36.6 Å². The molecule has 104 valence electrons. The first-order chi connectivity index (χ1) is 9.29. The molecule has 0 bridgehead atoms. The average Bonchev–Trinajstić information content (AvgIpc) is 2.68. The Hall–Kier alpha value is -1.91. The number of fused-ring (bicyclic) bond motifs is 1. The van der Waals surface area contributed by atoms with E-state index >= 15 is 0 Å². The Morgan fingerprint density at radius 2 is 2.11 bits per heavy atom.